The Kier molecular flexibility index (Phi) is 5.10. The number of pyridine rings is 1. The Balaban J connectivity index is 1.99. The first kappa shape index (κ1) is 14.9. The Bertz CT molecular complexity index is 569. The van der Waals surface area contributed by atoms with E-state index in [1.54, 1.807) is 6.07 Å². The van der Waals surface area contributed by atoms with E-state index < -0.39 is 0 Å². The summed E-state index contributed by atoms with van der Waals surface area (Å²) in [6.45, 7) is 2.10. The third-order valence-electron chi connectivity index (χ3n) is 3.26. The van der Waals surface area contributed by atoms with Gasteiger partial charge in [0, 0.05) is 29.4 Å². The largest absolute Gasteiger partial charge is 0.327 e. The molecule has 1 heterocycles. The van der Waals surface area contributed by atoms with Gasteiger partial charge >= 0.3 is 0 Å². The number of hydrogen-bond donors (Lipinski definition) is 1. The van der Waals surface area contributed by atoms with Crippen molar-refractivity contribution in [1.82, 2.24) is 4.98 Å². The molecule has 2 rings (SSSR count). The Labute approximate surface area is 123 Å². The van der Waals surface area contributed by atoms with E-state index in [-0.39, 0.29) is 11.9 Å². The molecule has 4 heteroatoms. The molecule has 2 N–H and O–H groups in total. The minimum Gasteiger partial charge on any atom is -0.327 e. The van der Waals surface area contributed by atoms with E-state index in [1.807, 2.05) is 12.3 Å². The fourth-order valence-corrected chi connectivity index (χ4v) is 2.34. The summed E-state index contributed by atoms with van der Waals surface area (Å²) in [5.74, 6) is -0.329. The third-order valence-corrected chi connectivity index (χ3v) is 3.61. The minimum atomic E-state index is -0.329. The van der Waals surface area contributed by atoms with Crippen LogP contribution in [0.5, 0.6) is 0 Å². The van der Waals surface area contributed by atoms with Crippen LogP contribution < -0.4 is 5.73 Å². The maximum atomic E-state index is 13.0. The van der Waals surface area contributed by atoms with Gasteiger partial charge in [-0.3, -0.25) is 4.98 Å². The van der Waals surface area contributed by atoms with E-state index in [1.165, 1.54) is 17.7 Å². The maximum Gasteiger partial charge on any atom is 0.124 e. The molecule has 0 saturated heterocycles. The Morgan fingerprint density at radius 3 is 2.65 bits per heavy atom. The van der Waals surface area contributed by atoms with Crippen molar-refractivity contribution < 1.29 is 4.39 Å². The number of nitrogens with zero attached hydrogens (tertiary/aromatic N) is 1. The van der Waals surface area contributed by atoms with Crippen molar-refractivity contribution in [2.75, 3.05) is 0 Å². The standard InChI is InChI=1S/C16H18ClFN2/c1-2-11-3-6-15(20-10-11)9-14(19)7-12-4-5-13(18)8-16(12)17/h3-6,8,10,14H,2,7,9,19H2,1H3. The van der Waals surface area contributed by atoms with E-state index in [2.05, 4.69) is 18.0 Å². The number of aromatic nitrogens is 1. The average molecular weight is 293 g/mol. The molecule has 1 atom stereocenters. The van der Waals surface area contributed by atoms with E-state index in [9.17, 15) is 4.39 Å². The lowest BCUT2D eigenvalue weighted by Crippen LogP contribution is -2.26. The molecule has 1 unspecified atom stereocenters. The second-order valence-electron chi connectivity index (χ2n) is 4.92. The van der Waals surface area contributed by atoms with Crippen LogP contribution in [0.25, 0.3) is 0 Å². The molecule has 1 aromatic carbocycles. The molecule has 106 valence electrons. The Morgan fingerprint density at radius 2 is 2.05 bits per heavy atom. The van der Waals surface area contributed by atoms with Crippen LogP contribution in [0.15, 0.2) is 36.5 Å². The number of nitrogens with two attached hydrogens (primary N) is 1. The number of rotatable bonds is 5. The number of hydrogen-bond acceptors (Lipinski definition) is 2. The molecule has 0 aliphatic rings. The normalized spacial score (nSPS) is 12.4. The van der Waals surface area contributed by atoms with Gasteiger partial charge in [-0.05, 0) is 42.2 Å². The van der Waals surface area contributed by atoms with Crippen LogP contribution in [0.1, 0.15) is 23.7 Å². The van der Waals surface area contributed by atoms with E-state index in [0.29, 0.717) is 17.9 Å². The summed E-state index contributed by atoms with van der Waals surface area (Å²) in [7, 11) is 0. The fourth-order valence-electron chi connectivity index (χ4n) is 2.10. The van der Waals surface area contributed by atoms with Gasteiger partial charge in [0.15, 0.2) is 0 Å². The molecule has 0 aliphatic carbocycles. The highest BCUT2D eigenvalue weighted by molar-refractivity contribution is 6.31. The average Bonchev–Trinajstić information content (AvgIpc) is 2.43. The summed E-state index contributed by atoms with van der Waals surface area (Å²) in [6, 6.07) is 8.40. The lowest BCUT2D eigenvalue weighted by atomic mass is 10.0. The molecule has 1 aromatic heterocycles. The number of aryl methyl sites for hydroxylation is 1. The third kappa shape index (κ3) is 4.02. The number of halogens is 2. The summed E-state index contributed by atoms with van der Waals surface area (Å²) in [6.07, 6.45) is 4.14. The summed E-state index contributed by atoms with van der Waals surface area (Å²) in [4.78, 5) is 4.39. The zero-order valence-electron chi connectivity index (χ0n) is 11.4. The van der Waals surface area contributed by atoms with Gasteiger partial charge in [-0.2, -0.15) is 0 Å². The predicted molar refractivity (Wildman–Crippen MR) is 80.4 cm³/mol. The van der Waals surface area contributed by atoms with Crippen molar-refractivity contribution in [2.45, 2.75) is 32.2 Å². The van der Waals surface area contributed by atoms with Gasteiger partial charge in [-0.15, -0.1) is 0 Å². The molecule has 0 aliphatic heterocycles. The van der Waals surface area contributed by atoms with Crippen LogP contribution >= 0.6 is 11.6 Å². The Morgan fingerprint density at radius 1 is 1.25 bits per heavy atom. The number of benzene rings is 1. The van der Waals surface area contributed by atoms with Crippen LogP contribution in [0.2, 0.25) is 5.02 Å². The molecule has 0 spiro atoms. The zero-order chi connectivity index (χ0) is 14.5. The van der Waals surface area contributed by atoms with Gasteiger partial charge in [0.2, 0.25) is 0 Å². The van der Waals surface area contributed by atoms with Crippen molar-refractivity contribution in [1.29, 1.82) is 0 Å². The highest BCUT2D eigenvalue weighted by atomic mass is 35.5. The van der Waals surface area contributed by atoms with Crippen molar-refractivity contribution in [3.8, 4) is 0 Å². The fraction of sp³-hybridized carbons (Fsp3) is 0.312. The zero-order valence-corrected chi connectivity index (χ0v) is 12.2. The van der Waals surface area contributed by atoms with Gasteiger partial charge in [-0.1, -0.05) is 30.7 Å². The Hall–Kier alpha value is -1.45. The molecule has 0 fully saturated rings. The van der Waals surface area contributed by atoms with Gasteiger partial charge in [-0.25, -0.2) is 4.39 Å². The molecule has 20 heavy (non-hydrogen) atoms. The molecule has 0 radical (unpaired) electrons. The highest BCUT2D eigenvalue weighted by Gasteiger charge is 2.10. The van der Waals surface area contributed by atoms with E-state index in [4.69, 9.17) is 17.3 Å². The van der Waals surface area contributed by atoms with Gasteiger partial charge in [0.05, 0.1) is 0 Å². The minimum absolute atomic E-state index is 0.0852. The maximum absolute atomic E-state index is 13.0. The van der Waals surface area contributed by atoms with Crippen molar-refractivity contribution in [3.63, 3.8) is 0 Å². The van der Waals surface area contributed by atoms with Crippen LogP contribution in [-0.4, -0.2) is 11.0 Å². The summed E-state index contributed by atoms with van der Waals surface area (Å²) >= 11 is 6.00. The summed E-state index contributed by atoms with van der Waals surface area (Å²) in [5, 5.41) is 0.426. The first-order valence-corrected chi connectivity index (χ1v) is 7.09. The van der Waals surface area contributed by atoms with E-state index >= 15 is 0 Å². The molecule has 2 aromatic rings. The molecular weight excluding hydrogens is 275 g/mol. The van der Waals surface area contributed by atoms with Gasteiger partial charge < -0.3 is 5.73 Å². The molecule has 2 nitrogen and oxygen atoms in total. The first-order chi connectivity index (χ1) is 9.58. The second kappa shape index (κ2) is 6.82. The quantitative estimate of drug-likeness (QED) is 0.915. The highest BCUT2D eigenvalue weighted by Crippen LogP contribution is 2.19. The summed E-state index contributed by atoms with van der Waals surface area (Å²) in [5.41, 5.74) is 9.17. The van der Waals surface area contributed by atoms with Crippen LogP contribution in [0, 0.1) is 5.82 Å². The van der Waals surface area contributed by atoms with Crippen LogP contribution in [0.4, 0.5) is 4.39 Å². The van der Waals surface area contributed by atoms with Gasteiger partial charge in [0.25, 0.3) is 0 Å². The van der Waals surface area contributed by atoms with Crippen LogP contribution in [-0.2, 0) is 19.3 Å². The smallest absolute Gasteiger partial charge is 0.124 e. The van der Waals surface area contributed by atoms with Gasteiger partial charge in [0.1, 0.15) is 5.82 Å². The monoisotopic (exact) mass is 292 g/mol. The van der Waals surface area contributed by atoms with E-state index in [0.717, 1.165) is 17.7 Å². The SMILES string of the molecule is CCc1ccc(CC(N)Cc2ccc(F)cc2Cl)nc1. The lowest BCUT2D eigenvalue weighted by Gasteiger charge is -2.12. The molecular formula is C16H18ClFN2. The summed E-state index contributed by atoms with van der Waals surface area (Å²) < 4.78 is 13.0. The first-order valence-electron chi connectivity index (χ1n) is 6.71. The predicted octanol–water partition coefficient (Wildman–Crippen LogP) is 3.55. The van der Waals surface area contributed by atoms with Crippen LogP contribution in [0.3, 0.4) is 0 Å². The molecule has 0 bridgehead atoms. The molecule has 0 amide bonds. The van der Waals surface area contributed by atoms with Crippen molar-refractivity contribution in [3.05, 3.63) is 64.2 Å². The molecule has 0 saturated carbocycles. The van der Waals surface area contributed by atoms with Crippen molar-refractivity contribution in [2.24, 2.45) is 5.73 Å². The lowest BCUT2D eigenvalue weighted by molar-refractivity contribution is 0.622. The second-order valence-corrected chi connectivity index (χ2v) is 5.32. The topological polar surface area (TPSA) is 38.9 Å². The van der Waals surface area contributed by atoms with Crippen molar-refractivity contribution >= 4 is 11.6 Å².